The standard InChI is InChI=1S/C17H24INO/c1-16(2,3)17-9-8-13(19-17)10-15(11-17)20-14-6-4-12(18)5-7-14/h4-7,13,15,19H,8-11H2,1-3H3/t13-,15+,17+/m0/s1. The fraction of sp³-hybridized carbons (Fsp3) is 0.647. The van der Waals surface area contributed by atoms with Crippen LogP contribution in [0.15, 0.2) is 24.3 Å². The van der Waals surface area contributed by atoms with Gasteiger partial charge in [0.05, 0.1) is 0 Å². The molecule has 2 heterocycles. The van der Waals surface area contributed by atoms with Crippen LogP contribution in [0.3, 0.4) is 0 Å². The van der Waals surface area contributed by atoms with Gasteiger partial charge in [0.2, 0.25) is 0 Å². The number of hydrogen-bond donors (Lipinski definition) is 1. The SMILES string of the molecule is CC(C)(C)[C@@]12CC[C@@H](C[C@@H](Oc3ccc(I)cc3)C1)N2. The number of piperidine rings is 1. The first-order valence-electron chi connectivity index (χ1n) is 7.58. The van der Waals surface area contributed by atoms with Crippen LogP contribution in [0.4, 0.5) is 0 Å². The predicted octanol–water partition coefficient (Wildman–Crippen LogP) is 4.37. The van der Waals surface area contributed by atoms with Gasteiger partial charge in [-0.3, -0.25) is 0 Å². The lowest BCUT2D eigenvalue weighted by molar-refractivity contribution is 0.0425. The van der Waals surface area contributed by atoms with Gasteiger partial charge in [-0.2, -0.15) is 0 Å². The van der Waals surface area contributed by atoms with Crippen LogP contribution >= 0.6 is 22.6 Å². The highest BCUT2D eigenvalue weighted by atomic mass is 127. The fourth-order valence-electron chi connectivity index (χ4n) is 3.78. The average Bonchev–Trinajstić information content (AvgIpc) is 2.69. The van der Waals surface area contributed by atoms with Crippen molar-refractivity contribution < 1.29 is 4.74 Å². The molecular formula is C17H24INO. The summed E-state index contributed by atoms with van der Waals surface area (Å²) in [6.07, 6.45) is 5.20. The summed E-state index contributed by atoms with van der Waals surface area (Å²) in [6.45, 7) is 7.07. The van der Waals surface area contributed by atoms with Crippen molar-refractivity contribution in [1.29, 1.82) is 0 Å². The molecule has 2 nitrogen and oxygen atoms in total. The van der Waals surface area contributed by atoms with Gasteiger partial charge in [0.15, 0.2) is 0 Å². The summed E-state index contributed by atoms with van der Waals surface area (Å²) < 4.78 is 7.52. The molecule has 3 rings (SSSR count). The Kier molecular flexibility index (Phi) is 3.78. The summed E-state index contributed by atoms with van der Waals surface area (Å²) >= 11 is 2.33. The normalized spacial score (nSPS) is 33.2. The first-order chi connectivity index (χ1) is 9.38. The number of halogens is 1. The molecule has 0 aromatic heterocycles. The van der Waals surface area contributed by atoms with E-state index in [4.69, 9.17) is 4.74 Å². The molecule has 2 saturated heterocycles. The summed E-state index contributed by atoms with van der Waals surface area (Å²) in [4.78, 5) is 0. The molecule has 2 aliphatic heterocycles. The molecule has 2 fully saturated rings. The topological polar surface area (TPSA) is 21.3 Å². The number of ether oxygens (including phenoxy) is 1. The van der Waals surface area contributed by atoms with Crippen LogP contribution in [0, 0.1) is 8.99 Å². The molecule has 1 aromatic rings. The lowest BCUT2D eigenvalue weighted by Gasteiger charge is -2.47. The van der Waals surface area contributed by atoms with E-state index >= 15 is 0 Å². The Labute approximate surface area is 135 Å². The molecule has 20 heavy (non-hydrogen) atoms. The van der Waals surface area contributed by atoms with Gasteiger partial charge in [-0.25, -0.2) is 0 Å². The highest BCUT2D eigenvalue weighted by Gasteiger charge is 2.52. The molecule has 0 saturated carbocycles. The van der Waals surface area contributed by atoms with Crippen LogP contribution in [0.25, 0.3) is 0 Å². The molecule has 0 amide bonds. The fourth-order valence-corrected chi connectivity index (χ4v) is 4.14. The Morgan fingerprint density at radius 1 is 1.25 bits per heavy atom. The third-order valence-electron chi connectivity index (χ3n) is 5.08. The van der Waals surface area contributed by atoms with Gasteiger partial charge in [-0.1, -0.05) is 20.8 Å². The van der Waals surface area contributed by atoms with Crippen molar-refractivity contribution in [3.63, 3.8) is 0 Å². The van der Waals surface area contributed by atoms with Gasteiger partial charge in [-0.15, -0.1) is 0 Å². The van der Waals surface area contributed by atoms with E-state index < -0.39 is 0 Å². The van der Waals surface area contributed by atoms with Crippen molar-refractivity contribution in [2.45, 2.75) is 64.1 Å². The summed E-state index contributed by atoms with van der Waals surface area (Å²) in [7, 11) is 0. The lowest BCUT2D eigenvalue weighted by Crippen LogP contribution is -2.59. The first-order valence-corrected chi connectivity index (χ1v) is 8.66. The van der Waals surface area contributed by atoms with Crippen molar-refractivity contribution in [3.05, 3.63) is 27.8 Å². The summed E-state index contributed by atoms with van der Waals surface area (Å²) in [6, 6.07) is 9.05. The molecule has 0 spiro atoms. The van der Waals surface area contributed by atoms with E-state index in [9.17, 15) is 0 Å². The highest BCUT2D eigenvalue weighted by Crippen LogP contribution is 2.47. The summed E-state index contributed by atoms with van der Waals surface area (Å²) in [5, 5.41) is 3.89. The zero-order valence-corrected chi connectivity index (χ0v) is 14.7. The molecule has 2 bridgehead atoms. The second kappa shape index (κ2) is 5.16. The van der Waals surface area contributed by atoms with Crippen LogP contribution in [0.1, 0.15) is 46.5 Å². The van der Waals surface area contributed by atoms with Gasteiger partial charge in [0.25, 0.3) is 0 Å². The zero-order chi connectivity index (χ0) is 14.4. The van der Waals surface area contributed by atoms with Gasteiger partial charge in [-0.05, 0) is 71.5 Å². The number of benzene rings is 1. The summed E-state index contributed by atoms with van der Waals surface area (Å²) in [5.74, 6) is 1.01. The molecule has 110 valence electrons. The van der Waals surface area contributed by atoms with Crippen LogP contribution in [-0.2, 0) is 0 Å². The first kappa shape index (κ1) is 14.6. The molecule has 2 aliphatic rings. The molecule has 0 radical (unpaired) electrons. The second-order valence-electron chi connectivity index (χ2n) is 7.35. The number of hydrogen-bond acceptors (Lipinski definition) is 2. The zero-order valence-electron chi connectivity index (χ0n) is 12.6. The van der Waals surface area contributed by atoms with Crippen molar-refractivity contribution in [2.75, 3.05) is 0 Å². The third-order valence-corrected chi connectivity index (χ3v) is 5.79. The third kappa shape index (κ3) is 2.71. The van der Waals surface area contributed by atoms with Gasteiger partial charge >= 0.3 is 0 Å². The molecule has 0 aliphatic carbocycles. The van der Waals surface area contributed by atoms with Gasteiger partial charge in [0.1, 0.15) is 11.9 Å². The van der Waals surface area contributed by atoms with Crippen molar-refractivity contribution >= 4 is 22.6 Å². The molecule has 1 N–H and O–H groups in total. The highest BCUT2D eigenvalue weighted by molar-refractivity contribution is 14.1. The van der Waals surface area contributed by atoms with Crippen LogP contribution < -0.4 is 10.1 Å². The number of rotatable bonds is 2. The minimum atomic E-state index is 0.254. The van der Waals surface area contributed by atoms with Crippen LogP contribution in [0.2, 0.25) is 0 Å². The van der Waals surface area contributed by atoms with E-state index in [1.807, 2.05) is 0 Å². The van der Waals surface area contributed by atoms with E-state index in [2.05, 4.69) is 72.9 Å². The monoisotopic (exact) mass is 385 g/mol. The Bertz CT molecular complexity index is 479. The molecule has 3 atom stereocenters. The van der Waals surface area contributed by atoms with Crippen LogP contribution in [0.5, 0.6) is 5.75 Å². The van der Waals surface area contributed by atoms with E-state index in [-0.39, 0.29) is 11.0 Å². The lowest BCUT2D eigenvalue weighted by atomic mass is 9.69. The van der Waals surface area contributed by atoms with Crippen LogP contribution in [-0.4, -0.2) is 17.7 Å². The molecule has 3 heteroatoms. The molecule has 0 unspecified atom stereocenters. The van der Waals surface area contributed by atoms with E-state index in [1.165, 1.54) is 16.4 Å². The van der Waals surface area contributed by atoms with Gasteiger partial charge < -0.3 is 10.1 Å². The Balaban J connectivity index is 1.74. The van der Waals surface area contributed by atoms with Gasteiger partial charge in [0, 0.05) is 21.6 Å². The molecule has 1 aromatic carbocycles. The molecular weight excluding hydrogens is 361 g/mol. The predicted molar refractivity (Wildman–Crippen MR) is 91.2 cm³/mol. The number of fused-ring (bicyclic) bond motifs is 2. The van der Waals surface area contributed by atoms with Crippen molar-refractivity contribution in [1.82, 2.24) is 5.32 Å². The van der Waals surface area contributed by atoms with Crippen molar-refractivity contribution in [2.24, 2.45) is 5.41 Å². The Morgan fingerprint density at radius 3 is 2.60 bits per heavy atom. The minimum Gasteiger partial charge on any atom is -0.490 e. The number of nitrogens with one attached hydrogen (secondary N) is 1. The Hall–Kier alpha value is -0.290. The average molecular weight is 385 g/mol. The van der Waals surface area contributed by atoms with Crippen molar-refractivity contribution in [3.8, 4) is 5.75 Å². The quantitative estimate of drug-likeness (QED) is 0.764. The van der Waals surface area contributed by atoms with E-state index in [1.54, 1.807) is 0 Å². The maximum absolute atomic E-state index is 6.27. The largest absolute Gasteiger partial charge is 0.490 e. The minimum absolute atomic E-state index is 0.254. The van der Waals surface area contributed by atoms with E-state index in [0.717, 1.165) is 18.6 Å². The maximum atomic E-state index is 6.27. The van der Waals surface area contributed by atoms with E-state index in [0.29, 0.717) is 12.1 Å². The maximum Gasteiger partial charge on any atom is 0.119 e. The summed E-state index contributed by atoms with van der Waals surface area (Å²) in [5.41, 5.74) is 0.541. The second-order valence-corrected chi connectivity index (χ2v) is 8.59. The Morgan fingerprint density at radius 2 is 1.95 bits per heavy atom. The smallest absolute Gasteiger partial charge is 0.119 e.